The summed E-state index contributed by atoms with van der Waals surface area (Å²) in [6.07, 6.45) is 2.50. The summed E-state index contributed by atoms with van der Waals surface area (Å²) in [7, 11) is 4.07. The van der Waals surface area contributed by atoms with Gasteiger partial charge in [0.15, 0.2) is 11.5 Å². The van der Waals surface area contributed by atoms with Gasteiger partial charge >= 0.3 is 0 Å². The molecule has 3 aromatic rings. The molecule has 3 N–H and O–H groups in total. The maximum Gasteiger partial charge on any atom is 0.278 e. The quantitative estimate of drug-likeness (QED) is 0.645. The van der Waals surface area contributed by atoms with Crippen molar-refractivity contribution in [3.05, 3.63) is 72.1 Å². The number of aromatic nitrogens is 2. The maximum absolute atomic E-state index is 12.8. The highest BCUT2D eigenvalue weighted by atomic mass is 16.2. The fraction of sp³-hybridized carbons (Fsp3) is 0.250. The van der Waals surface area contributed by atoms with E-state index in [1.165, 1.54) is 6.20 Å². The second-order valence-electron chi connectivity index (χ2n) is 8.04. The van der Waals surface area contributed by atoms with E-state index in [1.807, 2.05) is 49.3 Å². The molecule has 2 aromatic carbocycles. The van der Waals surface area contributed by atoms with E-state index in [4.69, 9.17) is 5.73 Å². The third kappa shape index (κ3) is 4.60. The Hall–Kier alpha value is -3.78. The summed E-state index contributed by atoms with van der Waals surface area (Å²) >= 11 is 0. The summed E-state index contributed by atoms with van der Waals surface area (Å²) in [4.78, 5) is 38.1. The first-order valence-corrected chi connectivity index (χ1v) is 10.5. The van der Waals surface area contributed by atoms with Crippen molar-refractivity contribution < 1.29 is 9.59 Å². The second-order valence-corrected chi connectivity index (χ2v) is 8.04. The predicted molar refractivity (Wildman–Crippen MR) is 124 cm³/mol. The Kier molecular flexibility index (Phi) is 6.13. The van der Waals surface area contributed by atoms with E-state index in [1.54, 1.807) is 24.3 Å². The first-order valence-electron chi connectivity index (χ1n) is 10.5. The van der Waals surface area contributed by atoms with Gasteiger partial charge in [0.25, 0.3) is 11.8 Å². The number of benzene rings is 2. The highest BCUT2D eigenvalue weighted by Gasteiger charge is 2.28. The van der Waals surface area contributed by atoms with Gasteiger partial charge in [-0.2, -0.15) is 0 Å². The minimum atomic E-state index is -0.431. The van der Waals surface area contributed by atoms with E-state index in [0.29, 0.717) is 23.0 Å². The Morgan fingerprint density at radius 1 is 1.09 bits per heavy atom. The zero-order chi connectivity index (χ0) is 22.7. The number of anilines is 2. The molecule has 0 unspecified atom stereocenters. The Labute approximate surface area is 187 Å². The van der Waals surface area contributed by atoms with Gasteiger partial charge in [-0.15, -0.1) is 0 Å². The molecule has 0 radical (unpaired) electrons. The molecule has 1 aromatic heterocycles. The van der Waals surface area contributed by atoms with Gasteiger partial charge in [0.2, 0.25) is 0 Å². The van der Waals surface area contributed by atoms with Crippen LogP contribution in [0.15, 0.2) is 60.8 Å². The number of nitrogens with one attached hydrogen (secondary N) is 1. The lowest BCUT2D eigenvalue weighted by atomic mass is 10.1. The van der Waals surface area contributed by atoms with Crippen LogP contribution in [0.4, 0.5) is 11.5 Å². The lowest BCUT2D eigenvalue weighted by Gasteiger charge is -2.20. The summed E-state index contributed by atoms with van der Waals surface area (Å²) in [5.74, 6) is -0.356. The van der Waals surface area contributed by atoms with Crippen LogP contribution in [0.1, 0.15) is 27.3 Å². The zero-order valence-electron chi connectivity index (χ0n) is 18.2. The molecule has 164 valence electrons. The monoisotopic (exact) mass is 430 g/mol. The minimum absolute atomic E-state index is 0.0206. The van der Waals surface area contributed by atoms with Gasteiger partial charge in [0.1, 0.15) is 0 Å². The second kappa shape index (κ2) is 9.15. The van der Waals surface area contributed by atoms with E-state index in [2.05, 4.69) is 20.2 Å². The number of nitrogens with two attached hydrogens (primary N) is 1. The Morgan fingerprint density at radius 3 is 2.47 bits per heavy atom. The molecule has 0 saturated carbocycles. The standard InChI is InChI=1S/C24H26N6O2/c1-29(2)19-12-13-30(15-19)24(32)17-10-8-16(9-11-17)20-14-26-22(25)21(28-20)23(31)27-18-6-4-3-5-7-18/h3-11,14,19H,12-13,15H2,1-2H3,(H2,25,26)(H,27,31)/t19-/m0/s1. The van der Waals surface area contributed by atoms with Crippen LogP contribution in [0.2, 0.25) is 0 Å². The van der Waals surface area contributed by atoms with E-state index in [0.717, 1.165) is 25.1 Å². The number of hydrogen-bond acceptors (Lipinski definition) is 6. The summed E-state index contributed by atoms with van der Waals surface area (Å²) in [6.45, 7) is 1.49. The molecule has 1 aliphatic heterocycles. The molecule has 0 bridgehead atoms. The van der Waals surface area contributed by atoms with Crippen molar-refractivity contribution in [2.75, 3.05) is 38.2 Å². The van der Waals surface area contributed by atoms with Crippen molar-refractivity contribution in [1.82, 2.24) is 19.8 Å². The van der Waals surface area contributed by atoms with Crippen molar-refractivity contribution in [3.8, 4) is 11.3 Å². The van der Waals surface area contributed by atoms with E-state index in [-0.39, 0.29) is 17.4 Å². The molecule has 32 heavy (non-hydrogen) atoms. The average Bonchev–Trinajstić information content (AvgIpc) is 3.30. The van der Waals surface area contributed by atoms with Crippen LogP contribution < -0.4 is 11.1 Å². The van der Waals surface area contributed by atoms with Gasteiger partial charge in [-0.05, 0) is 44.8 Å². The van der Waals surface area contributed by atoms with E-state index < -0.39 is 5.91 Å². The van der Waals surface area contributed by atoms with Crippen LogP contribution >= 0.6 is 0 Å². The Balaban J connectivity index is 1.50. The van der Waals surface area contributed by atoms with Crippen molar-refractivity contribution in [2.45, 2.75) is 12.5 Å². The van der Waals surface area contributed by atoms with E-state index >= 15 is 0 Å². The molecule has 1 atom stereocenters. The first-order chi connectivity index (χ1) is 15.4. The van der Waals surface area contributed by atoms with Crippen molar-refractivity contribution in [3.63, 3.8) is 0 Å². The van der Waals surface area contributed by atoms with Crippen LogP contribution in [-0.4, -0.2) is 64.8 Å². The fourth-order valence-corrected chi connectivity index (χ4v) is 3.73. The number of carbonyl (C=O) groups excluding carboxylic acids is 2. The molecular formula is C24H26N6O2. The van der Waals surface area contributed by atoms with Crippen LogP contribution in [0.25, 0.3) is 11.3 Å². The van der Waals surface area contributed by atoms with Gasteiger partial charge in [0, 0.05) is 35.9 Å². The minimum Gasteiger partial charge on any atom is -0.382 e. The van der Waals surface area contributed by atoms with Crippen LogP contribution in [0.3, 0.4) is 0 Å². The number of para-hydroxylation sites is 1. The average molecular weight is 431 g/mol. The molecule has 0 spiro atoms. The number of amides is 2. The van der Waals surface area contributed by atoms with Gasteiger partial charge in [-0.25, -0.2) is 9.97 Å². The number of likely N-dealkylation sites (tertiary alicyclic amines) is 1. The molecule has 0 aliphatic carbocycles. The zero-order valence-corrected chi connectivity index (χ0v) is 18.2. The number of hydrogen-bond donors (Lipinski definition) is 2. The summed E-state index contributed by atoms with van der Waals surface area (Å²) in [5, 5.41) is 2.77. The molecule has 8 heteroatoms. The largest absolute Gasteiger partial charge is 0.382 e. The summed E-state index contributed by atoms with van der Waals surface area (Å²) in [6, 6.07) is 16.7. The van der Waals surface area contributed by atoms with Crippen molar-refractivity contribution in [2.24, 2.45) is 0 Å². The molecule has 1 saturated heterocycles. The lowest BCUT2D eigenvalue weighted by Crippen LogP contribution is -2.34. The van der Waals surface area contributed by atoms with Gasteiger partial charge in [-0.1, -0.05) is 30.3 Å². The van der Waals surface area contributed by atoms with Crippen molar-refractivity contribution >= 4 is 23.3 Å². The van der Waals surface area contributed by atoms with Crippen LogP contribution in [0.5, 0.6) is 0 Å². The summed E-state index contributed by atoms with van der Waals surface area (Å²) < 4.78 is 0. The fourth-order valence-electron chi connectivity index (χ4n) is 3.73. The predicted octanol–water partition coefficient (Wildman–Crippen LogP) is 2.75. The lowest BCUT2D eigenvalue weighted by molar-refractivity contribution is 0.0783. The molecule has 2 heterocycles. The molecule has 4 rings (SSSR count). The first kappa shape index (κ1) is 21.5. The Bertz CT molecular complexity index is 1120. The Morgan fingerprint density at radius 2 is 1.81 bits per heavy atom. The van der Waals surface area contributed by atoms with Gasteiger partial charge in [0.05, 0.1) is 11.9 Å². The molecule has 1 aliphatic rings. The van der Waals surface area contributed by atoms with Crippen molar-refractivity contribution in [1.29, 1.82) is 0 Å². The van der Waals surface area contributed by atoms with Gasteiger partial charge in [-0.3, -0.25) is 9.59 Å². The highest BCUT2D eigenvalue weighted by molar-refractivity contribution is 6.06. The number of nitrogens with zero attached hydrogens (tertiary/aromatic N) is 4. The third-order valence-corrected chi connectivity index (χ3v) is 5.66. The molecule has 8 nitrogen and oxygen atoms in total. The number of rotatable bonds is 5. The molecular weight excluding hydrogens is 404 g/mol. The SMILES string of the molecule is CN(C)[C@H]1CCN(C(=O)c2ccc(-c3cnc(N)c(C(=O)Nc4ccccc4)n3)cc2)C1. The van der Waals surface area contributed by atoms with Gasteiger partial charge < -0.3 is 20.9 Å². The number of nitrogen functional groups attached to an aromatic ring is 1. The third-order valence-electron chi connectivity index (χ3n) is 5.66. The number of carbonyl (C=O) groups is 2. The molecule has 1 fully saturated rings. The van der Waals surface area contributed by atoms with E-state index in [9.17, 15) is 9.59 Å². The normalized spacial score (nSPS) is 15.7. The summed E-state index contributed by atoms with van der Waals surface area (Å²) in [5.41, 5.74) is 8.47. The highest BCUT2D eigenvalue weighted by Crippen LogP contribution is 2.22. The van der Waals surface area contributed by atoms with Crippen LogP contribution in [0, 0.1) is 0 Å². The molecule has 2 amide bonds. The maximum atomic E-state index is 12.8. The number of likely N-dealkylation sites (N-methyl/N-ethyl adjacent to an activating group) is 1. The topological polar surface area (TPSA) is 104 Å². The smallest absolute Gasteiger partial charge is 0.278 e. The van der Waals surface area contributed by atoms with Crippen LogP contribution in [-0.2, 0) is 0 Å².